The van der Waals surface area contributed by atoms with Crippen molar-refractivity contribution in [3.05, 3.63) is 64.7 Å². The molecule has 214 valence electrons. The third-order valence-electron chi connectivity index (χ3n) is 7.35. The van der Waals surface area contributed by atoms with E-state index in [-0.39, 0.29) is 16.9 Å². The van der Waals surface area contributed by atoms with Crippen molar-refractivity contribution < 1.29 is 29.7 Å². The number of hydrogen-bond acceptors (Lipinski definition) is 4. The number of benzene rings is 2. The standard InChI is InChI=1S/C33H46O6/c34-29-24-19-23-28(31(29)33(38)39)32(37)27-22-18-17-21-26(27)20-15-13-11-9-7-5-3-1-2-4-6-8-10-12-14-16-25-30(35)36/h17-19,21-24,34H,1-16,20,25H2,(H,35,36)(H,38,39). The van der Waals surface area contributed by atoms with Gasteiger partial charge in [-0.15, -0.1) is 0 Å². The Morgan fingerprint density at radius 1 is 0.538 bits per heavy atom. The van der Waals surface area contributed by atoms with Gasteiger partial charge in [-0.05, 0) is 37.0 Å². The molecule has 0 amide bonds. The molecule has 0 saturated carbocycles. The summed E-state index contributed by atoms with van der Waals surface area (Å²) in [7, 11) is 0. The van der Waals surface area contributed by atoms with E-state index in [1.54, 1.807) is 12.1 Å². The van der Waals surface area contributed by atoms with Crippen LogP contribution in [0.1, 0.15) is 141 Å². The lowest BCUT2D eigenvalue weighted by Gasteiger charge is -2.11. The third kappa shape index (κ3) is 12.5. The summed E-state index contributed by atoms with van der Waals surface area (Å²) in [6, 6.07) is 11.6. The summed E-state index contributed by atoms with van der Waals surface area (Å²) in [6.45, 7) is 0. The van der Waals surface area contributed by atoms with Crippen LogP contribution in [0, 0.1) is 0 Å². The maximum Gasteiger partial charge on any atom is 0.340 e. The van der Waals surface area contributed by atoms with Crippen LogP contribution in [0.15, 0.2) is 42.5 Å². The molecule has 2 aromatic rings. The summed E-state index contributed by atoms with van der Waals surface area (Å²) >= 11 is 0. The Bertz CT molecular complexity index is 1030. The molecule has 3 N–H and O–H groups in total. The Morgan fingerprint density at radius 2 is 1.00 bits per heavy atom. The minimum absolute atomic E-state index is 0.0138. The van der Waals surface area contributed by atoms with Gasteiger partial charge in [0.25, 0.3) is 0 Å². The van der Waals surface area contributed by atoms with Crippen LogP contribution in [-0.2, 0) is 11.2 Å². The Balaban J connectivity index is 1.54. The zero-order valence-electron chi connectivity index (χ0n) is 23.3. The van der Waals surface area contributed by atoms with Gasteiger partial charge in [-0.3, -0.25) is 9.59 Å². The number of aromatic hydroxyl groups is 1. The van der Waals surface area contributed by atoms with Gasteiger partial charge in [0.05, 0.1) is 0 Å². The van der Waals surface area contributed by atoms with Crippen LogP contribution < -0.4 is 0 Å². The fourth-order valence-corrected chi connectivity index (χ4v) is 5.13. The quantitative estimate of drug-likeness (QED) is 0.102. The van der Waals surface area contributed by atoms with Gasteiger partial charge in [-0.25, -0.2) is 4.79 Å². The summed E-state index contributed by atoms with van der Waals surface area (Å²) in [4.78, 5) is 35.2. The number of carboxylic acid groups (broad SMARTS) is 2. The van der Waals surface area contributed by atoms with Crippen LogP contribution in [-0.4, -0.2) is 33.0 Å². The first-order valence-corrected chi connectivity index (χ1v) is 14.8. The minimum atomic E-state index is -1.31. The SMILES string of the molecule is O=C(O)CCCCCCCCCCCCCCCCCCc1ccccc1C(=O)c1cccc(O)c1C(=O)O. The molecule has 6 heteroatoms. The van der Waals surface area contributed by atoms with E-state index in [1.165, 1.54) is 88.8 Å². The first kappa shape index (κ1) is 32.1. The van der Waals surface area contributed by atoms with Gasteiger partial charge >= 0.3 is 11.9 Å². The summed E-state index contributed by atoms with van der Waals surface area (Å²) in [5.74, 6) is -2.77. The zero-order valence-corrected chi connectivity index (χ0v) is 23.3. The average Bonchev–Trinajstić information content (AvgIpc) is 2.91. The van der Waals surface area contributed by atoms with Crippen molar-refractivity contribution in [2.24, 2.45) is 0 Å². The maximum atomic E-state index is 13.2. The minimum Gasteiger partial charge on any atom is -0.507 e. The number of aliphatic carboxylic acids is 1. The van der Waals surface area contributed by atoms with E-state index in [0.29, 0.717) is 12.0 Å². The van der Waals surface area contributed by atoms with Crippen molar-refractivity contribution in [2.45, 2.75) is 116 Å². The van der Waals surface area contributed by atoms with Crippen LogP contribution in [0.2, 0.25) is 0 Å². The largest absolute Gasteiger partial charge is 0.507 e. The summed E-state index contributed by atoms with van der Waals surface area (Å²) in [5, 5.41) is 28.1. The molecular weight excluding hydrogens is 492 g/mol. The number of unbranched alkanes of at least 4 members (excludes halogenated alkanes) is 15. The maximum absolute atomic E-state index is 13.2. The van der Waals surface area contributed by atoms with E-state index in [4.69, 9.17) is 5.11 Å². The molecule has 0 heterocycles. The van der Waals surface area contributed by atoms with Gasteiger partial charge < -0.3 is 15.3 Å². The van der Waals surface area contributed by atoms with E-state index in [0.717, 1.165) is 44.1 Å². The summed E-state index contributed by atoms with van der Waals surface area (Å²) < 4.78 is 0. The number of hydrogen-bond donors (Lipinski definition) is 3. The predicted molar refractivity (Wildman–Crippen MR) is 155 cm³/mol. The Hall–Kier alpha value is -3.15. The van der Waals surface area contributed by atoms with E-state index >= 15 is 0 Å². The van der Waals surface area contributed by atoms with Crippen LogP contribution >= 0.6 is 0 Å². The van der Waals surface area contributed by atoms with Gasteiger partial charge in [0.2, 0.25) is 0 Å². The smallest absolute Gasteiger partial charge is 0.340 e. The lowest BCUT2D eigenvalue weighted by molar-refractivity contribution is -0.137. The summed E-state index contributed by atoms with van der Waals surface area (Å²) in [5.41, 5.74) is 1.08. The zero-order chi connectivity index (χ0) is 28.3. The highest BCUT2D eigenvalue weighted by Crippen LogP contribution is 2.25. The number of carbonyl (C=O) groups is 3. The van der Waals surface area contributed by atoms with Crippen molar-refractivity contribution in [2.75, 3.05) is 0 Å². The van der Waals surface area contributed by atoms with Crippen molar-refractivity contribution in [1.29, 1.82) is 0 Å². The molecule has 0 aliphatic heterocycles. The molecule has 0 aliphatic carbocycles. The first-order chi connectivity index (χ1) is 18.9. The number of carbonyl (C=O) groups excluding carboxylic acids is 1. The number of rotatable bonds is 22. The molecule has 0 spiro atoms. The van der Waals surface area contributed by atoms with Gasteiger partial charge in [-0.2, -0.15) is 0 Å². The number of carboxylic acids is 2. The van der Waals surface area contributed by atoms with E-state index in [2.05, 4.69) is 0 Å². The fraction of sp³-hybridized carbons (Fsp3) is 0.545. The van der Waals surface area contributed by atoms with Gasteiger partial charge in [0.1, 0.15) is 11.3 Å². The molecule has 0 saturated heterocycles. The molecule has 0 atom stereocenters. The number of phenols is 1. The highest BCUT2D eigenvalue weighted by Gasteiger charge is 2.22. The molecule has 0 unspecified atom stereocenters. The molecule has 6 nitrogen and oxygen atoms in total. The van der Waals surface area contributed by atoms with Crippen molar-refractivity contribution in [3.8, 4) is 5.75 Å². The second kappa shape index (κ2) is 19.0. The Kier molecular flexibility index (Phi) is 15.6. The Morgan fingerprint density at radius 3 is 1.51 bits per heavy atom. The second-order valence-corrected chi connectivity index (χ2v) is 10.5. The highest BCUT2D eigenvalue weighted by molar-refractivity contribution is 6.15. The first-order valence-electron chi connectivity index (χ1n) is 14.8. The van der Waals surface area contributed by atoms with Crippen molar-refractivity contribution in [3.63, 3.8) is 0 Å². The molecular formula is C33H46O6. The number of aromatic carboxylic acids is 1. The molecule has 0 radical (unpaired) electrons. The highest BCUT2D eigenvalue weighted by atomic mass is 16.4. The van der Waals surface area contributed by atoms with E-state index < -0.39 is 17.7 Å². The molecule has 0 fully saturated rings. The molecule has 39 heavy (non-hydrogen) atoms. The van der Waals surface area contributed by atoms with Crippen LogP contribution in [0.4, 0.5) is 0 Å². The Labute approximate surface area is 233 Å². The monoisotopic (exact) mass is 538 g/mol. The predicted octanol–water partition coefficient (Wildman–Crippen LogP) is 8.58. The van der Waals surface area contributed by atoms with Crippen LogP contribution in [0.5, 0.6) is 5.75 Å². The van der Waals surface area contributed by atoms with Gasteiger partial charge in [0.15, 0.2) is 5.78 Å². The van der Waals surface area contributed by atoms with Gasteiger partial charge in [0, 0.05) is 17.5 Å². The van der Waals surface area contributed by atoms with Crippen LogP contribution in [0.3, 0.4) is 0 Å². The van der Waals surface area contributed by atoms with E-state index in [9.17, 15) is 24.6 Å². The fourth-order valence-electron chi connectivity index (χ4n) is 5.13. The summed E-state index contributed by atoms with van der Waals surface area (Å²) in [6.07, 6.45) is 20.1. The lowest BCUT2D eigenvalue weighted by atomic mass is 9.92. The van der Waals surface area contributed by atoms with Crippen LogP contribution in [0.25, 0.3) is 0 Å². The van der Waals surface area contributed by atoms with Crippen molar-refractivity contribution >= 4 is 17.7 Å². The topological polar surface area (TPSA) is 112 Å². The molecule has 0 aliphatic rings. The average molecular weight is 539 g/mol. The second-order valence-electron chi connectivity index (χ2n) is 10.5. The molecule has 2 aromatic carbocycles. The van der Waals surface area contributed by atoms with E-state index in [1.807, 2.05) is 12.1 Å². The normalized spacial score (nSPS) is 11.0. The molecule has 0 aromatic heterocycles. The van der Waals surface area contributed by atoms with Crippen molar-refractivity contribution in [1.82, 2.24) is 0 Å². The third-order valence-corrected chi connectivity index (χ3v) is 7.35. The van der Waals surface area contributed by atoms with Gasteiger partial charge in [-0.1, -0.05) is 120 Å². The number of ketones is 1. The molecule has 0 bridgehead atoms. The lowest BCUT2D eigenvalue weighted by Crippen LogP contribution is -2.12. The number of aryl methyl sites for hydroxylation is 1. The molecule has 2 rings (SSSR count).